The molecule has 1 aromatic heterocycles. The van der Waals surface area contributed by atoms with Crippen LogP contribution in [-0.4, -0.2) is 34.3 Å². The minimum Gasteiger partial charge on any atom is -0.478 e. The number of hydrogen-bond acceptors (Lipinski definition) is 5. The Morgan fingerprint density at radius 2 is 2.40 bits per heavy atom. The number of carboxylic acids is 1. The van der Waals surface area contributed by atoms with Gasteiger partial charge in [-0.2, -0.15) is 0 Å². The van der Waals surface area contributed by atoms with E-state index in [2.05, 4.69) is 4.98 Å². The highest BCUT2D eigenvalue weighted by Gasteiger charge is 2.13. The first-order valence-electron chi connectivity index (χ1n) is 4.15. The smallest absolute Gasteiger partial charge is 0.349 e. The quantitative estimate of drug-likeness (QED) is 0.675. The van der Waals surface area contributed by atoms with Gasteiger partial charge in [0.1, 0.15) is 11.4 Å². The lowest BCUT2D eigenvalue weighted by atomic mass is 10.3. The van der Waals surface area contributed by atoms with Crippen LogP contribution in [0.25, 0.3) is 0 Å². The van der Waals surface area contributed by atoms with Crippen LogP contribution in [-0.2, 0) is 11.3 Å². The third kappa shape index (κ3) is 2.32. The standard InChI is InChI=1S/C8H11N3O4/c1-15-3-2-11-6(9)5(7(12)13)4-10-8(11)14/h4H,2-3,9H2,1H3,(H,12,13). The Kier molecular flexibility index (Phi) is 3.40. The fourth-order valence-corrected chi connectivity index (χ4v) is 1.07. The van der Waals surface area contributed by atoms with Gasteiger partial charge in [0.2, 0.25) is 0 Å². The van der Waals surface area contributed by atoms with Gasteiger partial charge in [-0.3, -0.25) is 4.57 Å². The number of anilines is 1. The largest absolute Gasteiger partial charge is 0.478 e. The summed E-state index contributed by atoms with van der Waals surface area (Å²) in [6.45, 7) is 0.435. The van der Waals surface area contributed by atoms with Gasteiger partial charge in [-0.25, -0.2) is 14.6 Å². The number of aromatic carboxylic acids is 1. The summed E-state index contributed by atoms with van der Waals surface area (Å²) >= 11 is 0. The van der Waals surface area contributed by atoms with Crippen molar-refractivity contribution < 1.29 is 14.6 Å². The highest BCUT2D eigenvalue weighted by Crippen LogP contribution is 2.06. The zero-order valence-electron chi connectivity index (χ0n) is 8.14. The highest BCUT2D eigenvalue weighted by molar-refractivity contribution is 5.92. The second kappa shape index (κ2) is 4.56. The molecule has 15 heavy (non-hydrogen) atoms. The summed E-state index contributed by atoms with van der Waals surface area (Å²) in [5.74, 6) is -1.33. The molecule has 82 valence electrons. The van der Waals surface area contributed by atoms with Gasteiger partial charge in [0, 0.05) is 7.11 Å². The van der Waals surface area contributed by atoms with Gasteiger partial charge >= 0.3 is 11.7 Å². The molecule has 3 N–H and O–H groups in total. The number of nitrogens with zero attached hydrogens (tertiary/aromatic N) is 2. The van der Waals surface area contributed by atoms with Gasteiger partial charge in [0.15, 0.2) is 0 Å². The molecule has 0 radical (unpaired) electrons. The summed E-state index contributed by atoms with van der Waals surface area (Å²) in [5, 5.41) is 8.74. The lowest BCUT2D eigenvalue weighted by molar-refractivity contribution is 0.0696. The molecule has 1 aromatic rings. The van der Waals surface area contributed by atoms with Crippen LogP contribution in [0.3, 0.4) is 0 Å². The lowest BCUT2D eigenvalue weighted by Crippen LogP contribution is -2.29. The van der Waals surface area contributed by atoms with E-state index in [1.165, 1.54) is 7.11 Å². The molecule has 0 amide bonds. The van der Waals surface area contributed by atoms with E-state index in [1.807, 2.05) is 0 Å². The van der Waals surface area contributed by atoms with E-state index in [4.69, 9.17) is 15.6 Å². The maximum atomic E-state index is 11.2. The number of carbonyl (C=O) groups is 1. The van der Waals surface area contributed by atoms with Crippen LogP contribution in [0.15, 0.2) is 11.0 Å². The average molecular weight is 213 g/mol. The van der Waals surface area contributed by atoms with E-state index in [1.54, 1.807) is 0 Å². The first-order chi connectivity index (χ1) is 7.07. The number of rotatable bonds is 4. The lowest BCUT2D eigenvalue weighted by Gasteiger charge is -2.09. The maximum absolute atomic E-state index is 11.2. The van der Waals surface area contributed by atoms with Crippen LogP contribution in [0.5, 0.6) is 0 Å². The van der Waals surface area contributed by atoms with E-state index < -0.39 is 11.7 Å². The summed E-state index contributed by atoms with van der Waals surface area (Å²) in [6, 6.07) is 0. The summed E-state index contributed by atoms with van der Waals surface area (Å²) in [7, 11) is 1.47. The Morgan fingerprint density at radius 3 is 2.93 bits per heavy atom. The Bertz CT molecular complexity index is 426. The topological polar surface area (TPSA) is 107 Å². The molecule has 7 nitrogen and oxygen atoms in total. The molecule has 0 atom stereocenters. The number of ether oxygens (including phenoxy) is 1. The zero-order valence-corrected chi connectivity index (χ0v) is 8.14. The first-order valence-corrected chi connectivity index (χ1v) is 4.15. The molecular formula is C8H11N3O4. The molecule has 0 aliphatic heterocycles. The molecule has 0 fully saturated rings. The monoisotopic (exact) mass is 213 g/mol. The predicted octanol–water partition coefficient (Wildman–Crippen LogP) is -0.830. The van der Waals surface area contributed by atoms with Crippen molar-refractivity contribution in [2.24, 2.45) is 0 Å². The Balaban J connectivity index is 3.18. The van der Waals surface area contributed by atoms with Crippen molar-refractivity contribution in [3.05, 3.63) is 22.2 Å². The number of nitrogen functional groups attached to an aromatic ring is 1. The van der Waals surface area contributed by atoms with Gasteiger partial charge < -0.3 is 15.6 Å². The van der Waals surface area contributed by atoms with Crippen LogP contribution >= 0.6 is 0 Å². The van der Waals surface area contributed by atoms with Crippen molar-refractivity contribution in [1.29, 1.82) is 0 Å². The minimum atomic E-state index is -1.22. The van der Waals surface area contributed by atoms with E-state index >= 15 is 0 Å². The van der Waals surface area contributed by atoms with E-state index in [0.717, 1.165) is 10.8 Å². The van der Waals surface area contributed by atoms with E-state index in [0.29, 0.717) is 0 Å². The molecule has 0 saturated heterocycles. The van der Waals surface area contributed by atoms with Gasteiger partial charge in [-0.1, -0.05) is 0 Å². The van der Waals surface area contributed by atoms with Crippen LogP contribution in [0.4, 0.5) is 5.82 Å². The second-order valence-corrected chi connectivity index (χ2v) is 2.79. The van der Waals surface area contributed by atoms with Crippen molar-refractivity contribution in [2.45, 2.75) is 6.54 Å². The summed E-state index contributed by atoms with van der Waals surface area (Å²) in [5.41, 5.74) is 4.73. The van der Waals surface area contributed by atoms with Gasteiger partial charge in [-0.15, -0.1) is 0 Å². The molecule has 0 saturated carbocycles. The molecule has 0 unspecified atom stereocenters. The maximum Gasteiger partial charge on any atom is 0.349 e. The van der Waals surface area contributed by atoms with Gasteiger partial charge in [0.05, 0.1) is 19.3 Å². The Hall–Kier alpha value is -1.89. The van der Waals surface area contributed by atoms with Crippen molar-refractivity contribution in [3.63, 3.8) is 0 Å². The minimum absolute atomic E-state index is 0.112. The third-order valence-corrected chi connectivity index (χ3v) is 1.85. The molecule has 0 aliphatic rings. The molecule has 0 bridgehead atoms. The molecule has 0 aliphatic carbocycles. The number of aromatic nitrogens is 2. The summed E-state index contributed by atoms with van der Waals surface area (Å²) in [6.07, 6.45) is 0.948. The van der Waals surface area contributed by atoms with Crippen molar-refractivity contribution in [1.82, 2.24) is 9.55 Å². The Morgan fingerprint density at radius 1 is 1.73 bits per heavy atom. The molecule has 1 rings (SSSR count). The molecule has 0 spiro atoms. The highest BCUT2D eigenvalue weighted by atomic mass is 16.5. The van der Waals surface area contributed by atoms with Gasteiger partial charge in [0.25, 0.3) is 0 Å². The number of carboxylic acid groups (broad SMARTS) is 1. The SMILES string of the molecule is COCCn1c(N)c(C(=O)O)cnc1=O. The average Bonchev–Trinajstić information content (AvgIpc) is 2.17. The third-order valence-electron chi connectivity index (χ3n) is 1.85. The molecular weight excluding hydrogens is 202 g/mol. The van der Waals surface area contributed by atoms with E-state index in [-0.39, 0.29) is 24.5 Å². The summed E-state index contributed by atoms with van der Waals surface area (Å²) in [4.78, 5) is 25.3. The van der Waals surface area contributed by atoms with Crippen LogP contribution in [0, 0.1) is 0 Å². The van der Waals surface area contributed by atoms with Gasteiger partial charge in [-0.05, 0) is 0 Å². The zero-order chi connectivity index (χ0) is 11.4. The van der Waals surface area contributed by atoms with Crippen LogP contribution in [0.1, 0.15) is 10.4 Å². The first kappa shape index (κ1) is 11.2. The molecule has 1 heterocycles. The van der Waals surface area contributed by atoms with Crippen molar-refractivity contribution in [3.8, 4) is 0 Å². The number of methoxy groups -OCH3 is 1. The predicted molar refractivity (Wildman–Crippen MR) is 51.7 cm³/mol. The van der Waals surface area contributed by atoms with Crippen LogP contribution in [0.2, 0.25) is 0 Å². The second-order valence-electron chi connectivity index (χ2n) is 2.79. The molecule has 0 aromatic carbocycles. The van der Waals surface area contributed by atoms with Crippen molar-refractivity contribution >= 4 is 11.8 Å². The number of hydrogen-bond donors (Lipinski definition) is 2. The Labute approximate surface area is 85.1 Å². The summed E-state index contributed by atoms with van der Waals surface area (Å²) < 4.78 is 5.83. The van der Waals surface area contributed by atoms with Crippen molar-refractivity contribution in [2.75, 3.05) is 19.5 Å². The number of nitrogens with two attached hydrogens (primary N) is 1. The van der Waals surface area contributed by atoms with Crippen LogP contribution < -0.4 is 11.4 Å². The normalized spacial score (nSPS) is 10.2. The fourth-order valence-electron chi connectivity index (χ4n) is 1.07. The van der Waals surface area contributed by atoms with E-state index in [9.17, 15) is 9.59 Å². The molecule has 7 heteroatoms. The fraction of sp³-hybridized carbons (Fsp3) is 0.375.